The summed E-state index contributed by atoms with van der Waals surface area (Å²) in [5, 5.41) is 8.04. The van der Waals surface area contributed by atoms with Gasteiger partial charge < -0.3 is 15.4 Å². The Hall–Kier alpha value is -1.35. The molecule has 1 aromatic heterocycles. The van der Waals surface area contributed by atoms with E-state index in [1.54, 1.807) is 11.3 Å². The molecule has 26 heavy (non-hydrogen) atoms. The summed E-state index contributed by atoms with van der Waals surface area (Å²) in [6.07, 6.45) is 1.87. The Morgan fingerprint density at radius 3 is 2.88 bits per heavy atom. The Bertz CT molecular complexity index is 747. The van der Waals surface area contributed by atoms with E-state index in [0.717, 1.165) is 54.9 Å². The van der Waals surface area contributed by atoms with Gasteiger partial charge in [-0.05, 0) is 26.8 Å². The van der Waals surface area contributed by atoms with Crippen LogP contribution in [0.1, 0.15) is 40.5 Å². The van der Waals surface area contributed by atoms with Crippen molar-refractivity contribution in [2.24, 2.45) is 4.99 Å². The molecule has 2 heterocycles. The quantitative estimate of drug-likeness (QED) is 0.381. The zero-order valence-electron chi connectivity index (χ0n) is 15.5. The number of benzene rings is 1. The van der Waals surface area contributed by atoms with Crippen molar-refractivity contribution in [1.82, 2.24) is 15.6 Å². The maximum absolute atomic E-state index is 5.74. The third kappa shape index (κ3) is 5.33. The topological polar surface area (TPSA) is 58.5 Å². The fraction of sp³-hybridized carbons (Fsp3) is 0.474. The fourth-order valence-electron chi connectivity index (χ4n) is 3.05. The predicted molar refractivity (Wildman–Crippen MR) is 119 cm³/mol. The number of nitrogens with zero attached hydrogens (tertiary/aromatic N) is 2. The molecule has 0 fully saturated rings. The molecule has 0 aliphatic carbocycles. The van der Waals surface area contributed by atoms with Gasteiger partial charge in [-0.1, -0.05) is 18.2 Å². The summed E-state index contributed by atoms with van der Waals surface area (Å²) in [7, 11) is 0. The summed E-state index contributed by atoms with van der Waals surface area (Å²) in [5.41, 5.74) is 2.34. The molecule has 2 N–H and O–H groups in total. The number of aliphatic imine (C=N–C) groups is 1. The minimum absolute atomic E-state index is 0. The molecular weight excluding hydrogens is 459 g/mol. The molecule has 1 aromatic carbocycles. The van der Waals surface area contributed by atoms with Crippen LogP contribution >= 0.6 is 35.3 Å². The van der Waals surface area contributed by atoms with E-state index in [4.69, 9.17) is 9.73 Å². The Morgan fingerprint density at radius 1 is 1.35 bits per heavy atom. The van der Waals surface area contributed by atoms with Gasteiger partial charge in [-0.2, -0.15) is 0 Å². The highest BCUT2D eigenvalue weighted by atomic mass is 127. The lowest BCUT2D eigenvalue weighted by Gasteiger charge is -2.28. The van der Waals surface area contributed by atoms with Gasteiger partial charge in [0.05, 0.1) is 23.4 Å². The van der Waals surface area contributed by atoms with Crippen LogP contribution in [0.3, 0.4) is 0 Å². The molecule has 0 saturated heterocycles. The summed E-state index contributed by atoms with van der Waals surface area (Å²) in [6, 6.07) is 8.46. The van der Waals surface area contributed by atoms with Gasteiger partial charge >= 0.3 is 0 Å². The first-order valence-corrected chi connectivity index (χ1v) is 9.68. The van der Waals surface area contributed by atoms with Crippen LogP contribution < -0.4 is 15.4 Å². The molecular formula is C19H27IN4OS. The largest absolute Gasteiger partial charge is 0.493 e. The molecule has 7 heteroatoms. The van der Waals surface area contributed by atoms with E-state index in [9.17, 15) is 0 Å². The van der Waals surface area contributed by atoms with Crippen LogP contribution in [0.25, 0.3) is 0 Å². The van der Waals surface area contributed by atoms with Crippen LogP contribution in [0.2, 0.25) is 0 Å². The molecule has 0 bridgehead atoms. The van der Waals surface area contributed by atoms with Gasteiger partial charge in [0.2, 0.25) is 0 Å². The van der Waals surface area contributed by atoms with E-state index < -0.39 is 0 Å². The van der Waals surface area contributed by atoms with Crippen molar-refractivity contribution in [3.05, 3.63) is 45.4 Å². The van der Waals surface area contributed by atoms with Gasteiger partial charge in [0.15, 0.2) is 5.96 Å². The average molecular weight is 486 g/mol. The minimum Gasteiger partial charge on any atom is -0.493 e. The smallest absolute Gasteiger partial charge is 0.191 e. The molecule has 1 unspecified atom stereocenters. The minimum atomic E-state index is 0. The summed E-state index contributed by atoms with van der Waals surface area (Å²) < 4.78 is 5.74. The second-order valence-electron chi connectivity index (χ2n) is 6.12. The summed E-state index contributed by atoms with van der Waals surface area (Å²) >= 11 is 1.77. The highest BCUT2D eigenvalue weighted by molar-refractivity contribution is 14.0. The number of ether oxygens (including phenoxy) is 1. The lowest BCUT2D eigenvalue weighted by molar-refractivity contribution is 0.261. The van der Waals surface area contributed by atoms with Gasteiger partial charge in [0.25, 0.3) is 0 Å². The van der Waals surface area contributed by atoms with Gasteiger partial charge in [-0.15, -0.1) is 35.3 Å². The number of hydrogen-bond acceptors (Lipinski definition) is 4. The molecule has 1 aliphatic heterocycles. The van der Waals surface area contributed by atoms with Crippen LogP contribution in [-0.4, -0.2) is 30.6 Å². The van der Waals surface area contributed by atoms with Crippen molar-refractivity contribution < 1.29 is 4.74 Å². The maximum atomic E-state index is 5.74. The van der Waals surface area contributed by atoms with Crippen molar-refractivity contribution in [3.8, 4) is 5.75 Å². The number of aryl methyl sites for hydroxylation is 2. The second-order valence-corrected chi connectivity index (χ2v) is 7.41. The van der Waals surface area contributed by atoms with Crippen LogP contribution in [0.4, 0.5) is 0 Å². The monoisotopic (exact) mass is 486 g/mol. The molecule has 1 atom stereocenters. The standard InChI is InChI=1S/C19H26N4OS.HI/c1-4-20-19(21-11-9-18-13(2)22-14(3)25-18)23-16-10-12-24-17-8-6-5-7-15(16)17;/h5-8,16H,4,9-12H2,1-3H3,(H2,20,21,23);1H. The maximum Gasteiger partial charge on any atom is 0.191 e. The van der Waals surface area contributed by atoms with E-state index in [-0.39, 0.29) is 30.0 Å². The van der Waals surface area contributed by atoms with Crippen LogP contribution in [0.5, 0.6) is 5.75 Å². The molecule has 0 spiro atoms. The van der Waals surface area contributed by atoms with Gasteiger partial charge in [0.1, 0.15) is 5.75 Å². The first-order valence-electron chi connectivity index (χ1n) is 8.87. The van der Waals surface area contributed by atoms with E-state index in [1.807, 2.05) is 12.1 Å². The van der Waals surface area contributed by atoms with Crippen LogP contribution in [0.15, 0.2) is 29.3 Å². The molecule has 0 amide bonds. The number of hydrogen-bond donors (Lipinski definition) is 2. The fourth-order valence-corrected chi connectivity index (χ4v) is 3.98. The Balaban J connectivity index is 0.00000243. The predicted octanol–water partition coefficient (Wildman–Crippen LogP) is 4.00. The number of fused-ring (bicyclic) bond motifs is 1. The zero-order valence-corrected chi connectivity index (χ0v) is 18.7. The first-order chi connectivity index (χ1) is 12.2. The van der Waals surface area contributed by atoms with Crippen molar-refractivity contribution in [1.29, 1.82) is 0 Å². The van der Waals surface area contributed by atoms with Gasteiger partial charge in [0, 0.05) is 36.4 Å². The Kier molecular flexibility index (Phi) is 8.15. The highest BCUT2D eigenvalue weighted by Crippen LogP contribution is 2.31. The number of guanidine groups is 1. The molecule has 1 aliphatic rings. The van der Waals surface area contributed by atoms with Crippen molar-refractivity contribution in [2.45, 2.75) is 39.7 Å². The average Bonchev–Trinajstić information content (AvgIpc) is 2.93. The third-order valence-electron chi connectivity index (χ3n) is 4.22. The van der Waals surface area contributed by atoms with Crippen LogP contribution in [-0.2, 0) is 6.42 Å². The van der Waals surface area contributed by atoms with Gasteiger partial charge in [-0.3, -0.25) is 4.99 Å². The second kappa shape index (κ2) is 10.1. The number of para-hydroxylation sites is 1. The Morgan fingerprint density at radius 2 is 2.15 bits per heavy atom. The lowest BCUT2D eigenvalue weighted by atomic mass is 10.0. The molecule has 0 radical (unpaired) electrons. The first kappa shape index (κ1) is 21.0. The van der Waals surface area contributed by atoms with Crippen molar-refractivity contribution in [2.75, 3.05) is 19.7 Å². The number of thiazole rings is 1. The van der Waals surface area contributed by atoms with E-state index >= 15 is 0 Å². The van der Waals surface area contributed by atoms with Gasteiger partial charge in [-0.25, -0.2) is 4.98 Å². The SMILES string of the molecule is CCNC(=NCCc1sc(C)nc1C)NC1CCOc2ccccc21.I. The van der Waals surface area contributed by atoms with E-state index in [2.05, 4.69) is 48.5 Å². The number of halogens is 1. The highest BCUT2D eigenvalue weighted by Gasteiger charge is 2.21. The van der Waals surface area contributed by atoms with Crippen molar-refractivity contribution in [3.63, 3.8) is 0 Å². The molecule has 0 saturated carbocycles. The lowest BCUT2D eigenvalue weighted by Crippen LogP contribution is -2.41. The third-order valence-corrected chi connectivity index (χ3v) is 5.35. The number of aromatic nitrogens is 1. The summed E-state index contributed by atoms with van der Waals surface area (Å²) in [4.78, 5) is 10.6. The molecule has 5 nitrogen and oxygen atoms in total. The molecule has 3 rings (SSSR count). The van der Waals surface area contributed by atoms with Crippen LogP contribution in [0, 0.1) is 13.8 Å². The number of nitrogens with one attached hydrogen (secondary N) is 2. The van der Waals surface area contributed by atoms with E-state index in [1.165, 1.54) is 10.4 Å². The normalized spacial score (nSPS) is 16.3. The zero-order chi connectivity index (χ0) is 17.6. The van der Waals surface area contributed by atoms with E-state index in [0.29, 0.717) is 0 Å². The number of rotatable bonds is 5. The summed E-state index contributed by atoms with van der Waals surface area (Å²) in [5.74, 6) is 1.83. The molecule has 2 aromatic rings. The molecule has 142 valence electrons. The summed E-state index contributed by atoms with van der Waals surface area (Å²) in [6.45, 7) is 8.54. The van der Waals surface area contributed by atoms with Crippen molar-refractivity contribution >= 4 is 41.3 Å². The Labute approximate surface area is 176 Å².